The van der Waals surface area contributed by atoms with Gasteiger partial charge in [0.2, 0.25) is 11.7 Å². The number of carbonyl (C=O) groups is 2. The van der Waals surface area contributed by atoms with Gasteiger partial charge in [-0.3, -0.25) is 9.59 Å². The van der Waals surface area contributed by atoms with Crippen molar-refractivity contribution in [2.45, 2.75) is 19.6 Å². The van der Waals surface area contributed by atoms with Gasteiger partial charge in [0, 0.05) is 16.8 Å². The molecule has 0 radical (unpaired) electrons. The monoisotopic (exact) mass is 447 g/mol. The summed E-state index contributed by atoms with van der Waals surface area (Å²) in [5.41, 5.74) is 3.26. The summed E-state index contributed by atoms with van der Waals surface area (Å²) in [6.45, 7) is 3.51. The van der Waals surface area contributed by atoms with E-state index in [1.54, 1.807) is 30.3 Å². The van der Waals surface area contributed by atoms with Crippen LogP contribution < -0.4 is 5.32 Å². The van der Waals surface area contributed by atoms with Crippen LogP contribution in [0.2, 0.25) is 0 Å². The van der Waals surface area contributed by atoms with Gasteiger partial charge in [0.15, 0.2) is 11.5 Å². The number of nitrogens with zero attached hydrogens (tertiary/aromatic N) is 2. The lowest BCUT2D eigenvalue weighted by atomic mass is 10.1. The molecule has 1 N–H and O–H groups in total. The zero-order valence-electron chi connectivity index (χ0n) is 17.6. The second kappa shape index (κ2) is 9.65. The van der Waals surface area contributed by atoms with E-state index in [-0.39, 0.29) is 17.4 Å². The van der Waals surface area contributed by atoms with Gasteiger partial charge in [-0.1, -0.05) is 28.9 Å². The van der Waals surface area contributed by atoms with Crippen LogP contribution in [0.5, 0.6) is 0 Å². The van der Waals surface area contributed by atoms with Gasteiger partial charge in [-0.2, -0.15) is 4.98 Å². The largest absolute Gasteiger partial charge is 0.455 e. The first-order valence-electron chi connectivity index (χ1n) is 9.96. The minimum absolute atomic E-state index is 0.0110. The van der Waals surface area contributed by atoms with Crippen LogP contribution in [0.3, 0.4) is 0 Å². The van der Waals surface area contributed by atoms with Gasteiger partial charge in [-0.15, -0.1) is 11.8 Å². The van der Waals surface area contributed by atoms with Crippen LogP contribution in [0, 0.1) is 6.92 Å². The van der Waals surface area contributed by atoms with E-state index in [1.807, 2.05) is 37.3 Å². The number of Topliss-reactive ketones (excluding diaryl/α,β-unsaturated/α-hetero) is 1. The fraction of sp³-hybridized carbons (Fsp3) is 0.167. The van der Waals surface area contributed by atoms with E-state index in [0.29, 0.717) is 40.2 Å². The lowest BCUT2D eigenvalue weighted by molar-refractivity contribution is -0.113. The number of aromatic nitrogens is 2. The second-order valence-electron chi connectivity index (χ2n) is 7.23. The van der Waals surface area contributed by atoms with E-state index < -0.39 is 0 Å². The van der Waals surface area contributed by atoms with E-state index in [1.165, 1.54) is 18.7 Å². The average Bonchev–Trinajstić information content (AvgIpc) is 3.44. The van der Waals surface area contributed by atoms with Crippen molar-refractivity contribution in [3.8, 4) is 23.0 Å². The molecule has 162 valence electrons. The topological polar surface area (TPSA) is 98.2 Å². The van der Waals surface area contributed by atoms with Crippen molar-refractivity contribution >= 4 is 29.1 Å². The van der Waals surface area contributed by atoms with Crippen molar-refractivity contribution in [2.24, 2.45) is 0 Å². The number of nitrogens with one attached hydrogen (secondary N) is 1. The number of amides is 1. The van der Waals surface area contributed by atoms with Crippen LogP contribution in [0.15, 0.2) is 69.6 Å². The molecule has 0 fully saturated rings. The van der Waals surface area contributed by atoms with Crippen LogP contribution in [-0.4, -0.2) is 27.6 Å². The Morgan fingerprint density at radius 1 is 1.06 bits per heavy atom. The molecule has 8 heteroatoms. The summed E-state index contributed by atoms with van der Waals surface area (Å²) in [5, 5.41) is 6.84. The first-order chi connectivity index (χ1) is 15.5. The van der Waals surface area contributed by atoms with Crippen molar-refractivity contribution in [1.82, 2.24) is 10.1 Å². The Morgan fingerprint density at radius 3 is 2.62 bits per heavy atom. The average molecular weight is 448 g/mol. The number of benzene rings is 2. The Hall–Kier alpha value is -3.65. The zero-order chi connectivity index (χ0) is 22.5. The number of furan rings is 1. The Balaban J connectivity index is 1.29. The van der Waals surface area contributed by atoms with Crippen molar-refractivity contribution < 1.29 is 18.5 Å². The van der Waals surface area contributed by atoms with E-state index >= 15 is 0 Å². The molecule has 0 unspecified atom stereocenters. The molecular weight excluding hydrogens is 426 g/mol. The van der Waals surface area contributed by atoms with Crippen LogP contribution in [0.25, 0.3) is 23.0 Å². The smallest absolute Gasteiger partial charge is 0.293 e. The number of ketones is 1. The highest BCUT2D eigenvalue weighted by Crippen LogP contribution is 2.26. The molecule has 0 saturated heterocycles. The van der Waals surface area contributed by atoms with Crippen LogP contribution >= 0.6 is 11.8 Å². The maximum Gasteiger partial charge on any atom is 0.293 e. The number of rotatable bonds is 8. The molecule has 0 aliphatic carbocycles. The van der Waals surface area contributed by atoms with Crippen LogP contribution in [0.4, 0.5) is 5.69 Å². The fourth-order valence-electron chi connectivity index (χ4n) is 3.03. The quantitative estimate of drug-likeness (QED) is 0.362. The molecule has 32 heavy (non-hydrogen) atoms. The maximum absolute atomic E-state index is 12.1. The Bertz CT molecular complexity index is 1240. The third kappa shape index (κ3) is 5.33. The van der Waals surface area contributed by atoms with Crippen molar-refractivity contribution in [1.29, 1.82) is 0 Å². The highest BCUT2D eigenvalue weighted by atomic mass is 32.2. The molecule has 7 nitrogen and oxygen atoms in total. The third-order valence-electron chi connectivity index (χ3n) is 4.63. The summed E-state index contributed by atoms with van der Waals surface area (Å²) in [4.78, 5) is 27.9. The molecule has 0 bridgehead atoms. The molecule has 4 aromatic rings. The zero-order valence-corrected chi connectivity index (χ0v) is 18.4. The SMILES string of the molecule is CC(=O)c1ccc(NC(=O)CSCc2ccc(-c3nc(-c4cccc(C)c4)no3)o2)cc1. The number of hydrogen-bond donors (Lipinski definition) is 1. The van der Waals surface area contributed by atoms with E-state index in [2.05, 4.69) is 15.5 Å². The molecular formula is C24H21N3O4S. The summed E-state index contributed by atoms with van der Waals surface area (Å²) in [7, 11) is 0. The van der Waals surface area contributed by atoms with Gasteiger partial charge in [0.05, 0.1) is 11.5 Å². The predicted molar refractivity (Wildman–Crippen MR) is 123 cm³/mol. The number of thioether (sulfide) groups is 1. The molecule has 0 aliphatic rings. The van der Waals surface area contributed by atoms with E-state index in [9.17, 15) is 9.59 Å². The Morgan fingerprint density at radius 2 is 1.88 bits per heavy atom. The second-order valence-corrected chi connectivity index (χ2v) is 8.22. The minimum Gasteiger partial charge on any atom is -0.455 e. The number of anilines is 1. The molecule has 1 amide bonds. The summed E-state index contributed by atoms with van der Waals surface area (Å²) in [6.07, 6.45) is 0. The summed E-state index contributed by atoms with van der Waals surface area (Å²) in [6, 6.07) is 18.3. The fourth-order valence-corrected chi connectivity index (χ4v) is 3.74. The number of carbonyl (C=O) groups excluding carboxylic acids is 2. The first kappa shape index (κ1) is 21.6. The first-order valence-corrected chi connectivity index (χ1v) is 11.1. The molecule has 0 aliphatic heterocycles. The van der Waals surface area contributed by atoms with E-state index in [4.69, 9.17) is 8.94 Å². The molecule has 0 saturated carbocycles. The third-order valence-corrected chi connectivity index (χ3v) is 5.58. The molecule has 2 heterocycles. The lowest BCUT2D eigenvalue weighted by Gasteiger charge is -2.05. The summed E-state index contributed by atoms with van der Waals surface area (Å²) >= 11 is 1.43. The normalized spacial score (nSPS) is 10.8. The number of aryl methyl sites for hydroxylation is 1. The van der Waals surface area contributed by atoms with Gasteiger partial charge >= 0.3 is 0 Å². The highest BCUT2D eigenvalue weighted by Gasteiger charge is 2.15. The molecule has 2 aromatic heterocycles. The van der Waals surface area contributed by atoms with Gasteiger partial charge in [0.25, 0.3) is 5.89 Å². The standard InChI is InChI=1S/C24H21N3O4S/c1-15-4-3-5-18(12-15)23-26-24(31-27-23)21-11-10-20(30-21)13-32-14-22(29)25-19-8-6-17(7-9-19)16(2)28/h3-12H,13-14H2,1-2H3,(H,25,29). The Kier molecular flexibility index (Phi) is 6.51. The van der Waals surface area contributed by atoms with Crippen molar-refractivity contribution in [3.05, 3.63) is 77.6 Å². The lowest BCUT2D eigenvalue weighted by Crippen LogP contribution is -2.14. The molecule has 0 spiro atoms. The van der Waals surface area contributed by atoms with Gasteiger partial charge in [-0.05, 0) is 56.3 Å². The number of hydrogen-bond acceptors (Lipinski definition) is 7. The maximum atomic E-state index is 12.1. The predicted octanol–water partition coefficient (Wildman–Crippen LogP) is 5.38. The summed E-state index contributed by atoms with van der Waals surface area (Å²) in [5.74, 6) is 2.66. The highest BCUT2D eigenvalue weighted by molar-refractivity contribution is 7.99. The minimum atomic E-state index is -0.128. The molecule has 2 aromatic carbocycles. The van der Waals surface area contributed by atoms with E-state index in [0.717, 1.165) is 11.1 Å². The van der Waals surface area contributed by atoms with Gasteiger partial charge in [0.1, 0.15) is 5.76 Å². The Labute approximate surface area is 189 Å². The van der Waals surface area contributed by atoms with Crippen LogP contribution in [-0.2, 0) is 10.5 Å². The van der Waals surface area contributed by atoms with Crippen molar-refractivity contribution in [2.75, 3.05) is 11.1 Å². The summed E-state index contributed by atoms with van der Waals surface area (Å²) < 4.78 is 11.1. The van der Waals surface area contributed by atoms with Crippen LogP contribution in [0.1, 0.15) is 28.6 Å². The van der Waals surface area contributed by atoms with Gasteiger partial charge in [-0.25, -0.2) is 0 Å². The molecule has 4 rings (SSSR count). The van der Waals surface area contributed by atoms with Gasteiger partial charge < -0.3 is 14.3 Å². The molecule has 0 atom stereocenters. The van der Waals surface area contributed by atoms with Crippen molar-refractivity contribution in [3.63, 3.8) is 0 Å².